The van der Waals surface area contributed by atoms with E-state index in [1.807, 2.05) is 0 Å². The van der Waals surface area contributed by atoms with E-state index in [2.05, 4.69) is 44.0 Å². The highest BCUT2D eigenvalue weighted by Gasteiger charge is 2.05. The number of hydrogen-bond acceptors (Lipinski definition) is 0. The van der Waals surface area contributed by atoms with Crippen molar-refractivity contribution in [3.8, 4) is 12.3 Å². The highest BCUT2D eigenvalue weighted by atomic mass is 14.1. The van der Waals surface area contributed by atoms with Crippen molar-refractivity contribution in [1.82, 2.24) is 0 Å². The van der Waals surface area contributed by atoms with Crippen LogP contribution in [0.1, 0.15) is 43.7 Å². The summed E-state index contributed by atoms with van der Waals surface area (Å²) in [4.78, 5) is 0. The Labute approximate surface area is 87.4 Å². The first-order chi connectivity index (χ1) is 6.81. The predicted octanol–water partition coefficient (Wildman–Crippen LogP) is 3.77. The number of aryl methyl sites for hydroxylation is 1. The molecule has 0 aliphatic heterocycles. The van der Waals surface area contributed by atoms with E-state index >= 15 is 0 Å². The molecule has 0 radical (unpaired) electrons. The maximum absolute atomic E-state index is 5.51. The van der Waals surface area contributed by atoms with Crippen molar-refractivity contribution >= 4 is 0 Å². The average molecular weight is 186 g/mol. The zero-order chi connectivity index (χ0) is 10.4. The van der Waals surface area contributed by atoms with Crippen LogP contribution < -0.4 is 0 Å². The Bertz CT molecular complexity index is 300. The molecule has 0 aromatic heterocycles. The zero-order valence-electron chi connectivity index (χ0n) is 9.09. The molecule has 1 rings (SSSR count). The van der Waals surface area contributed by atoms with E-state index in [9.17, 15) is 0 Å². The van der Waals surface area contributed by atoms with Gasteiger partial charge in [0, 0.05) is 5.92 Å². The molecule has 0 amide bonds. The molecule has 0 bridgehead atoms. The van der Waals surface area contributed by atoms with Gasteiger partial charge in [0.05, 0.1) is 0 Å². The monoisotopic (exact) mass is 186 g/mol. The van der Waals surface area contributed by atoms with Gasteiger partial charge in [0.2, 0.25) is 0 Å². The summed E-state index contributed by atoms with van der Waals surface area (Å²) in [5, 5.41) is 0. The molecular weight excluding hydrogens is 168 g/mol. The molecule has 14 heavy (non-hydrogen) atoms. The summed E-state index contributed by atoms with van der Waals surface area (Å²) in [5.74, 6) is 3.15. The minimum absolute atomic E-state index is 0.297. The highest BCUT2D eigenvalue weighted by molar-refractivity contribution is 5.29. The second kappa shape index (κ2) is 5.50. The van der Waals surface area contributed by atoms with Crippen LogP contribution in [-0.2, 0) is 6.42 Å². The largest absolute Gasteiger partial charge is 0.119 e. The molecule has 0 spiro atoms. The first kappa shape index (κ1) is 10.9. The Kier molecular flexibility index (Phi) is 4.26. The lowest BCUT2D eigenvalue weighted by Gasteiger charge is -2.09. The highest BCUT2D eigenvalue weighted by Crippen LogP contribution is 2.20. The van der Waals surface area contributed by atoms with Crippen LogP contribution in [0, 0.1) is 12.3 Å². The van der Waals surface area contributed by atoms with Gasteiger partial charge in [-0.05, 0) is 24.0 Å². The van der Waals surface area contributed by atoms with Gasteiger partial charge >= 0.3 is 0 Å². The van der Waals surface area contributed by atoms with Crippen molar-refractivity contribution in [3.63, 3.8) is 0 Å². The summed E-state index contributed by atoms with van der Waals surface area (Å²) in [6.07, 6.45) is 8.83. The molecule has 0 nitrogen and oxygen atoms in total. The number of benzene rings is 1. The summed E-state index contributed by atoms with van der Waals surface area (Å²) < 4.78 is 0. The normalized spacial score (nSPS) is 12.1. The van der Waals surface area contributed by atoms with Crippen LogP contribution in [0.3, 0.4) is 0 Å². The third kappa shape index (κ3) is 2.64. The molecule has 0 heteroatoms. The fourth-order valence-corrected chi connectivity index (χ4v) is 1.62. The van der Waals surface area contributed by atoms with Gasteiger partial charge in [-0.15, -0.1) is 6.42 Å². The topological polar surface area (TPSA) is 0 Å². The first-order valence-corrected chi connectivity index (χ1v) is 5.36. The van der Waals surface area contributed by atoms with Crippen LogP contribution in [0.5, 0.6) is 0 Å². The third-order valence-corrected chi connectivity index (χ3v) is 2.57. The number of terminal acetylenes is 1. The first-order valence-electron chi connectivity index (χ1n) is 5.36. The number of hydrogen-bond donors (Lipinski definition) is 0. The molecule has 1 aromatic rings. The molecule has 0 saturated carbocycles. The number of rotatable bonds is 4. The van der Waals surface area contributed by atoms with E-state index in [0.29, 0.717) is 5.92 Å². The summed E-state index contributed by atoms with van der Waals surface area (Å²) in [6.45, 7) is 4.34. The Hall–Kier alpha value is -1.22. The third-order valence-electron chi connectivity index (χ3n) is 2.57. The fourth-order valence-electron chi connectivity index (χ4n) is 1.62. The summed E-state index contributed by atoms with van der Waals surface area (Å²) in [7, 11) is 0. The van der Waals surface area contributed by atoms with Gasteiger partial charge in [-0.25, -0.2) is 0 Å². The van der Waals surface area contributed by atoms with Crippen molar-refractivity contribution in [2.24, 2.45) is 0 Å². The van der Waals surface area contributed by atoms with Gasteiger partial charge in [-0.2, -0.15) is 0 Å². The molecular formula is C14H18. The van der Waals surface area contributed by atoms with E-state index in [1.54, 1.807) is 0 Å². The Morgan fingerprint density at radius 3 is 2.29 bits per heavy atom. The van der Waals surface area contributed by atoms with Crippen molar-refractivity contribution in [3.05, 3.63) is 35.4 Å². The minimum Gasteiger partial charge on any atom is -0.119 e. The van der Waals surface area contributed by atoms with Gasteiger partial charge in [-0.3, -0.25) is 0 Å². The summed E-state index contributed by atoms with van der Waals surface area (Å²) in [6, 6.07) is 8.68. The molecule has 74 valence electrons. The molecule has 0 fully saturated rings. The van der Waals surface area contributed by atoms with Crippen LogP contribution in [0.4, 0.5) is 0 Å². The van der Waals surface area contributed by atoms with Gasteiger partial charge in [-0.1, -0.05) is 50.5 Å². The Morgan fingerprint density at radius 2 is 1.86 bits per heavy atom. The van der Waals surface area contributed by atoms with Gasteiger partial charge < -0.3 is 0 Å². The van der Waals surface area contributed by atoms with Crippen LogP contribution in [0.2, 0.25) is 0 Å². The summed E-state index contributed by atoms with van der Waals surface area (Å²) >= 11 is 0. The molecule has 0 aliphatic carbocycles. The van der Waals surface area contributed by atoms with Gasteiger partial charge in [0.15, 0.2) is 0 Å². The van der Waals surface area contributed by atoms with Crippen LogP contribution in [-0.4, -0.2) is 0 Å². The van der Waals surface area contributed by atoms with E-state index in [4.69, 9.17) is 6.42 Å². The van der Waals surface area contributed by atoms with Crippen LogP contribution in [0.15, 0.2) is 24.3 Å². The average Bonchev–Trinajstić information content (AvgIpc) is 2.26. The van der Waals surface area contributed by atoms with E-state index in [1.165, 1.54) is 11.1 Å². The molecule has 1 unspecified atom stereocenters. The molecule has 1 atom stereocenters. The lowest BCUT2D eigenvalue weighted by molar-refractivity contribution is 0.734. The van der Waals surface area contributed by atoms with Crippen molar-refractivity contribution in [1.29, 1.82) is 0 Å². The Balaban J connectivity index is 2.79. The second-order valence-electron chi connectivity index (χ2n) is 3.60. The standard InChI is InChI=1S/C14H18/c1-4-7-13(6-3)14-10-8-12(5-2)9-11-14/h3,8-11,13H,4-5,7H2,1-2H3. The van der Waals surface area contributed by atoms with E-state index in [0.717, 1.165) is 19.3 Å². The van der Waals surface area contributed by atoms with Gasteiger partial charge in [0.25, 0.3) is 0 Å². The molecule has 0 aliphatic rings. The SMILES string of the molecule is C#CC(CCC)c1ccc(CC)cc1. The second-order valence-corrected chi connectivity index (χ2v) is 3.60. The van der Waals surface area contributed by atoms with Crippen molar-refractivity contribution in [2.75, 3.05) is 0 Å². The fraction of sp³-hybridized carbons (Fsp3) is 0.429. The quantitative estimate of drug-likeness (QED) is 0.628. The van der Waals surface area contributed by atoms with Crippen molar-refractivity contribution < 1.29 is 0 Å². The van der Waals surface area contributed by atoms with E-state index in [-0.39, 0.29) is 0 Å². The molecule has 0 N–H and O–H groups in total. The molecule has 0 heterocycles. The summed E-state index contributed by atoms with van der Waals surface area (Å²) in [5.41, 5.74) is 2.66. The predicted molar refractivity (Wildman–Crippen MR) is 62.3 cm³/mol. The molecule has 1 aromatic carbocycles. The van der Waals surface area contributed by atoms with E-state index < -0.39 is 0 Å². The zero-order valence-corrected chi connectivity index (χ0v) is 9.09. The maximum Gasteiger partial charge on any atom is 0.0449 e. The van der Waals surface area contributed by atoms with Crippen LogP contribution >= 0.6 is 0 Å². The van der Waals surface area contributed by atoms with Crippen LogP contribution in [0.25, 0.3) is 0 Å². The lowest BCUT2D eigenvalue weighted by atomic mass is 9.94. The smallest absolute Gasteiger partial charge is 0.0449 e. The lowest BCUT2D eigenvalue weighted by Crippen LogP contribution is -1.95. The van der Waals surface area contributed by atoms with Crippen molar-refractivity contribution in [2.45, 2.75) is 39.0 Å². The maximum atomic E-state index is 5.51. The van der Waals surface area contributed by atoms with Gasteiger partial charge in [0.1, 0.15) is 0 Å². The molecule has 0 saturated heterocycles. The Morgan fingerprint density at radius 1 is 1.21 bits per heavy atom. The minimum atomic E-state index is 0.297.